The minimum absolute atomic E-state index is 0.0831. The number of rotatable bonds is 3. The first kappa shape index (κ1) is 14.5. The second-order valence-electron chi connectivity index (χ2n) is 5.67. The van der Waals surface area contributed by atoms with E-state index in [1.54, 1.807) is 47.6 Å². The number of aromatic nitrogens is 1. The van der Waals surface area contributed by atoms with Crippen LogP contribution in [-0.4, -0.2) is 30.1 Å². The molecule has 1 aromatic heterocycles. The number of carbonyl (C=O) groups is 2. The molecule has 2 aromatic rings. The molecular weight excluding hydrogens is 310 g/mol. The molecule has 1 fully saturated rings. The third kappa shape index (κ3) is 2.64. The summed E-state index contributed by atoms with van der Waals surface area (Å²) in [6.45, 7) is 0.521. The van der Waals surface area contributed by atoms with Crippen molar-refractivity contribution in [2.75, 3.05) is 23.6 Å². The summed E-state index contributed by atoms with van der Waals surface area (Å²) < 4.78 is 10.6. The van der Waals surface area contributed by atoms with Crippen molar-refractivity contribution in [3.63, 3.8) is 0 Å². The topological polar surface area (TPSA) is 80.8 Å². The summed E-state index contributed by atoms with van der Waals surface area (Å²) in [7, 11) is 0. The zero-order valence-electron chi connectivity index (χ0n) is 12.8. The SMILES string of the molecule is O=C(Nc1cccnc1)[C@H]1CC(=O)N(c2ccc3c(c2)OCO3)C1. The summed E-state index contributed by atoms with van der Waals surface area (Å²) >= 11 is 0. The van der Waals surface area contributed by atoms with Gasteiger partial charge in [0.15, 0.2) is 11.5 Å². The first-order chi connectivity index (χ1) is 11.7. The maximum Gasteiger partial charge on any atom is 0.231 e. The van der Waals surface area contributed by atoms with Gasteiger partial charge in [-0.2, -0.15) is 0 Å². The fourth-order valence-corrected chi connectivity index (χ4v) is 2.87. The van der Waals surface area contributed by atoms with Crippen molar-refractivity contribution in [1.29, 1.82) is 0 Å². The van der Waals surface area contributed by atoms with Crippen LogP contribution in [0.5, 0.6) is 11.5 Å². The van der Waals surface area contributed by atoms with E-state index in [1.807, 2.05) is 0 Å². The van der Waals surface area contributed by atoms with Gasteiger partial charge in [0.2, 0.25) is 18.6 Å². The largest absolute Gasteiger partial charge is 0.454 e. The summed E-state index contributed by atoms with van der Waals surface area (Å²) in [6.07, 6.45) is 3.39. The molecule has 3 heterocycles. The Morgan fingerprint density at radius 1 is 1.25 bits per heavy atom. The number of nitrogens with one attached hydrogen (secondary N) is 1. The van der Waals surface area contributed by atoms with E-state index < -0.39 is 5.92 Å². The van der Waals surface area contributed by atoms with Gasteiger partial charge in [-0.3, -0.25) is 14.6 Å². The van der Waals surface area contributed by atoms with Gasteiger partial charge in [-0.1, -0.05) is 0 Å². The Hall–Kier alpha value is -3.09. The molecule has 1 aromatic carbocycles. The van der Waals surface area contributed by atoms with Gasteiger partial charge in [0, 0.05) is 30.9 Å². The zero-order chi connectivity index (χ0) is 16.5. The monoisotopic (exact) mass is 325 g/mol. The smallest absolute Gasteiger partial charge is 0.231 e. The Balaban J connectivity index is 1.48. The van der Waals surface area contributed by atoms with Crippen molar-refractivity contribution >= 4 is 23.2 Å². The fraction of sp³-hybridized carbons (Fsp3) is 0.235. The van der Waals surface area contributed by atoms with Gasteiger partial charge in [0.05, 0.1) is 17.8 Å². The number of pyridine rings is 1. The van der Waals surface area contributed by atoms with Gasteiger partial charge in [0.1, 0.15) is 0 Å². The molecule has 4 rings (SSSR count). The van der Waals surface area contributed by atoms with Crippen LogP contribution in [0.25, 0.3) is 0 Å². The third-order valence-corrected chi connectivity index (χ3v) is 4.09. The molecule has 1 saturated heterocycles. The van der Waals surface area contributed by atoms with Crippen LogP contribution in [0.2, 0.25) is 0 Å². The molecular formula is C17H15N3O4. The van der Waals surface area contributed by atoms with Crippen LogP contribution < -0.4 is 19.7 Å². The second-order valence-corrected chi connectivity index (χ2v) is 5.67. The minimum Gasteiger partial charge on any atom is -0.454 e. The third-order valence-electron chi connectivity index (χ3n) is 4.09. The quantitative estimate of drug-likeness (QED) is 0.931. The Morgan fingerprint density at radius 3 is 2.96 bits per heavy atom. The highest BCUT2D eigenvalue weighted by Gasteiger charge is 2.35. The summed E-state index contributed by atoms with van der Waals surface area (Å²) in [6, 6.07) is 8.84. The Morgan fingerprint density at radius 2 is 2.12 bits per heavy atom. The average Bonchev–Trinajstić information content (AvgIpc) is 3.21. The number of hydrogen-bond acceptors (Lipinski definition) is 5. The molecule has 2 aliphatic rings. The highest BCUT2D eigenvalue weighted by molar-refractivity contribution is 6.03. The Kier molecular flexibility index (Phi) is 3.53. The van der Waals surface area contributed by atoms with Gasteiger partial charge in [0.25, 0.3) is 0 Å². The van der Waals surface area contributed by atoms with Gasteiger partial charge >= 0.3 is 0 Å². The lowest BCUT2D eigenvalue weighted by Crippen LogP contribution is -2.28. The average molecular weight is 325 g/mol. The Bertz CT molecular complexity index is 794. The van der Waals surface area contributed by atoms with E-state index in [9.17, 15) is 9.59 Å². The van der Waals surface area contributed by atoms with E-state index in [0.29, 0.717) is 29.4 Å². The van der Waals surface area contributed by atoms with Crippen LogP contribution in [-0.2, 0) is 9.59 Å². The number of carbonyl (C=O) groups excluding carboxylic acids is 2. The van der Waals surface area contributed by atoms with E-state index in [1.165, 1.54) is 0 Å². The number of benzene rings is 1. The molecule has 7 heteroatoms. The van der Waals surface area contributed by atoms with Crippen LogP contribution in [0.1, 0.15) is 6.42 Å². The number of nitrogens with zero attached hydrogens (tertiary/aromatic N) is 2. The molecule has 2 amide bonds. The molecule has 0 bridgehead atoms. The van der Waals surface area contributed by atoms with Crippen molar-refractivity contribution in [3.8, 4) is 11.5 Å². The van der Waals surface area contributed by atoms with E-state index in [0.717, 1.165) is 0 Å². The molecule has 122 valence electrons. The summed E-state index contributed by atoms with van der Waals surface area (Å²) in [4.78, 5) is 30.2. The first-order valence-corrected chi connectivity index (χ1v) is 7.61. The highest BCUT2D eigenvalue weighted by atomic mass is 16.7. The summed E-state index contributed by atoms with van der Waals surface area (Å²) in [5.74, 6) is 0.614. The van der Waals surface area contributed by atoms with Crippen molar-refractivity contribution in [1.82, 2.24) is 4.98 Å². The van der Waals surface area contributed by atoms with Crippen LogP contribution in [0.4, 0.5) is 11.4 Å². The van der Waals surface area contributed by atoms with Gasteiger partial charge < -0.3 is 19.7 Å². The fourth-order valence-electron chi connectivity index (χ4n) is 2.87. The lowest BCUT2D eigenvalue weighted by Gasteiger charge is -2.17. The molecule has 2 aliphatic heterocycles. The number of ether oxygens (including phenoxy) is 2. The van der Waals surface area contributed by atoms with Crippen molar-refractivity contribution in [2.24, 2.45) is 5.92 Å². The standard InChI is InChI=1S/C17H15N3O4/c21-16-6-11(17(22)19-12-2-1-5-18-8-12)9-20(16)13-3-4-14-15(7-13)24-10-23-14/h1-5,7-8,11H,6,9-10H2,(H,19,22)/t11-/m0/s1. The van der Waals surface area contributed by atoms with Gasteiger partial charge in [-0.05, 0) is 24.3 Å². The lowest BCUT2D eigenvalue weighted by atomic mass is 10.1. The molecule has 1 atom stereocenters. The van der Waals surface area contributed by atoms with Crippen molar-refractivity contribution < 1.29 is 19.1 Å². The molecule has 0 radical (unpaired) electrons. The maximum atomic E-state index is 12.4. The molecule has 0 spiro atoms. The number of hydrogen-bond donors (Lipinski definition) is 1. The number of anilines is 2. The predicted molar refractivity (Wildman–Crippen MR) is 85.9 cm³/mol. The van der Waals surface area contributed by atoms with Crippen LogP contribution in [0.15, 0.2) is 42.7 Å². The molecule has 0 saturated carbocycles. The number of amides is 2. The first-order valence-electron chi connectivity index (χ1n) is 7.61. The molecule has 1 N–H and O–H groups in total. The highest BCUT2D eigenvalue weighted by Crippen LogP contribution is 2.37. The van der Waals surface area contributed by atoms with Crippen LogP contribution >= 0.6 is 0 Å². The zero-order valence-corrected chi connectivity index (χ0v) is 12.8. The molecule has 24 heavy (non-hydrogen) atoms. The van der Waals surface area contributed by atoms with Gasteiger partial charge in [-0.25, -0.2) is 0 Å². The summed E-state index contributed by atoms with van der Waals surface area (Å²) in [5, 5.41) is 2.79. The predicted octanol–water partition coefficient (Wildman–Crippen LogP) is 1.80. The Labute approximate surface area is 138 Å². The van der Waals surface area contributed by atoms with E-state index >= 15 is 0 Å². The van der Waals surface area contributed by atoms with E-state index in [2.05, 4.69) is 10.3 Å². The molecule has 7 nitrogen and oxygen atoms in total. The minimum atomic E-state index is -0.400. The summed E-state index contributed by atoms with van der Waals surface area (Å²) in [5.41, 5.74) is 1.33. The maximum absolute atomic E-state index is 12.4. The van der Waals surface area contributed by atoms with Crippen LogP contribution in [0, 0.1) is 5.92 Å². The normalized spacial score (nSPS) is 18.8. The number of fused-ring (bicyclic) bond motifs is 1. The second kappa shape index (κ2) is 5.84. The van der Waals surface area contributed by atoms with Crippen LogP contribution in [0.3, 0.4) is 0 Å². The van der Waals surface area contributed by atoms with E-state index in [-0.39, 0.29) is 25.0 Å². The van der Waals surface area contributed by atoms with Crippen molar-refractivity contribution in [3.05, 3.63) is 42.7 Å². The van der Waals surface area contributed by atoms with E-state index in [4.69, 9.17) is 9.47 Å². The lowest BCUT2D eigenvalue weighted by molar-refractivity contribution is -0.122. The van der Waals surface area contributed by atoms with Gasteiger partial charge in [-0.15, -0.1) is 0 Å². The van der Waals surface area contributed by atoms with Crippen molar-refractivity contribution in [2.45, 2.75) is 6.42 Å². The molecule has 0 unspecified atom stereocenters. The molecule has 0 aliphatic carbocycles.